The summed E-state index contributed by atoms with van der Waals surface area (Å²) in [5.41, 5.74) is -1.90. The van der Waals surface area contributed by atoms with E-state index in [-0.39, 0.29) is 15.6 Å². The number of ether oxygens (including phenoxy) is 1. The summed E-state index contributed by atoms with van der Waals surface area (Å²) in [6, 6.07) is -0.836. The summed E-state index contributed by atoms with van der Waals surface area (Å²) in [4.78, 5) is 11.7. The Morgan fingerprint density at radius 3 is 2.14 bits per heavy atom. The molecule has 6 nitrogen and oxygen atoms in total. The number of hydrogen-bond acceptors (Lipinski definition) is 4. The monoisotopic (exact) mass is 556 g/mol. The van der Waals surface area contributed by atoms with Gasteiger partial charge in [0.15, 0.2) is 11.4 Å². The lowest BCUT2D eigenvalue weighted by molar-refractivity contribution is -0.149. The lowest BCUT2D eigenvalue weighted by Crippen LogP contribution is -2.23. The third-order valence-corrected chi connectivity index (χ3v) is 4.45. The second kappa shape index (κ2) is 10.5. The van der Waals surface area contributed by atoms with E-state index in [0.29, 0.717) is 12.8 Å². The summed E-state index contributed by atoms with van der Waals surface area (Å²) in [7, 11) is 0. The van der Waals surface area contributed by atoms with E-state index in [1.54, 1.807) is 6.92 Å². The third kappa shape index (κ3) is 7.32. The maximum atomic E-state index is 12.6. The number of esters is 1. The molecule has 0 amide bonds. The zero-order valence-electron chi connectivity index (χ0n) is 15.0. The topological polar surface area (TPSA) is 72.8 Å². The predicted octanol–water partition coefficient (Wildman–Crippen LogP) is 5.76. The molecule has 2 aromatic heterocycles. The number of hydrogen-bond donors (Lipinski definition) is 1. The van der Waals surface area contributed by atoms with E-state index >= 15 is 0 Å². The van der Waals surface area contributed by atoms with Crippen molar-refractivity contribution in [2.24, 2.45) is 0 Å². The van der Waals surface area contributed by atoms with Gasteiger partial charge in [-0.1, -0.05) is 13.3 Å². The number of nitrogens with one attached hydrogen (secondary N) is 1. The van der Waals surface area contributed by atoms with Gasteiger partial charge in [0.1, 0.15) is 6.04 Å². The molecule has 0 radical (unpaired) electrons. The number of aromatic amines is 1. The van der Waals surface area contributed by atoms with Crippen LogP contribution >= 0.6 is 31.9 Å². The first-order valence-electron chi connectivity index (χ1n) is 8.07. The molecule has 0 spiro atoms. The van der Waals surface area contributed by atoms with Crippen molar-refractivity contribution in [3.8, 4) is 0 Å². The van der Waals surface area contributed by atoms with Crippen molar-refractivity contribution in [2.75, 3.05) is 6.61 Å². The van der Waals surface area contributed by atoms with Crippen LogP contribution in [0.4, 0.5) is 26.3 Å². The molecule has 2 heterocycles. The molecule has 29 heavy (non-hydrogen) atoms. The van der Waals surface area contributed by atoms with Crippen LogP contribution in [0.1, 0.15) is 44.1 Å². The highest BCUT2D eigenvalue weighted by Gasteiger charge is 2.38. The van der Waals surface area contributed by atoms with Crippen LogP contribution in [0.5, 0.6) is 0 Å². The molecule has 0 aliphatic carbocycles. The molecule has 14 heteroatoms. The van der Waals surface area contributed by atoms with E-state index in [1.807, 2.05) is 12.0 Å². The van der Waals surface area contributed by atoms with Gasteiger partial charge in [-0.25, -0.2) is 4.79 Å². The fraction of sp³-hybridized carbons (Fsp3) is 0.533. The van der Waals surface area contributed by atoms with E-state index in [2.05, 4.69) is 42.1 Å². The molecule has 1 atom stereocenters. The second-order valence-electron chi connectivity index (χ2n) is 5.45. The minimum Gasteiger partial charge on any atom is -0.464 e. The molecule has 0 saturated carbocycles. The Labute approximate surface area is 178 Å². The molecule has 1 N–H and O–H groups in total. The molecule has 0 bridgehead atoms. The van der Waals surface area contributed by atoms with Crippen LogP contribution in [-0.4, -0.2) is 32.6 Å². The Morgan fingerprint density at radius 1 is 1.17 bits per heavy atom. The first kappa shape index (κ1) is 25.5. The number of alkyl halides is 6. The number of halogens is 8. The minimum absolute atomic E-state index is 0.0694. The van der Waals surface area contributed by atoms with Gasteiger partial charge < -0.3 is 4.74 Å². The van der Waals surface area contributed by atoms with Crippen molar-refractivity contribution in [2.45, 2.75) is 45.1 Å². The molecule has 164 valence electrons. The Balaban J connectivity index is 0.000000352. The zero-order chi connectivity index (χ0) is 22.4. The van der Waals surface area contributed by atoms with Gasteiger partial charge in [0.2, 0.25) is 0 Å². The fourth-order valence-electron chi connectivity index (χ4n) is 2.06. The van der Waals surface area contributed by atoms with Crippen LogP contribution in [0.15, 0.2) is 21.3 Å². The Bertz CT molecular complexity index is 804. The lowest BCUT2D eigenvalue weighted by atomic mass is 10.2. The van der Waals surface area contributed by atoms with Crippen LogP contribution in [-0.2, 0) is 21.9 Å². The van der Waals surface area contributed by atoms with Crippen LogP contribution in [0.3, 0.4) is 0 Å². The van der Waals surface area contributed by atoms with Crippen LogP contribution < -0.4 is 0 Å². The van der Waals surface area contributed by atoms with Crippen molar-refractivity contribution < 1.29 is 35.9 Å². The second-order valence-corrected chi connectivity index (χ2v) is 7.16. The van der Waals surface area contributed by atoms with Gasteiger partial charge in [-0.15, -0.1) is 0 Å². The van der Waals surface area contributed by atoms with Gasteiger partial charge in [-0.05, 0) is 45.2 Å². The minimum atomic E-state index is -4.56. The largest absolute Gasteiger partial charge is 0.464 e. The number of H-pyrrole nitrogens is 1. The normalized spacial score (nSPS) is 12.9. The van der Waals surface area contributed by atoms with Crippen molar-refractivity contribution >= 4 is 37.8 Å². The van der Waals surface area contributed by atoms with E-state index in [4.69, 9.17) is 4.74 Å². The first-order chi connectivity index (χ1) is 13.3. The summed E-state index contributed by atoms with van der Waals surface area (Å²) in [5, 5.41) is 8.47. The quantitative estimate of drug-likeness (QED) is 0.375. The van der Waals surface area contributed by atoms with Crippen LogP contribution in [0.25, 0.3) is 0 Å². The van der Waals surface area contributed by atoms with Gasteiger partial charge in [-0.3, -0.25) is 9.78 Å². The van der Waals surface area contributed by atoms with Gasteiger partial charge in [0.25, 0.3) is 0 Å². The maximum Gasteiger partial charge on any atom is 0.436 e. The Morgan fingerprint density at radius 2 is 1.79 bits per heavy atom. The van der Waals surface area contributed by atoms with Crippen LogP contribution in [0.2, 0.25) is 0 Å². The standard InChI is InChI=1S/C11H14BrF3N2O2.C4H2BrF3N2/c1-3-5-8(10(18)19-4-2)17-6-7(12)9(16-17)11(13,14)15;5-2-1-9-10-3(2)4(6,7)8/h6,8H,3-5H2,1-2H3;1H,(H,9,10). The molecular formula is C15H16Br2F6N4O2. The highest BCUT2D eigenvalue weighted by Crippen LogP contribution is 2.34. The van der Waals surface area contributed by atoms with Crippen LogP contribution in [0, 0.1) is 0 Å². The number of nitrogens with zero attached hydrogens (tertiary/aromatic N) is 3. The summed E-state index contributed by atoms with van der Waals surface area (Å²) in [6.45, 7) is 3.64. The SMILES string of the molecule is CCCC(C(=O)OCC)n1cc(Br)c(C(F)(F)F)n1.FC(F)(F)c1[nH]ncc1Br. The van der Waals surface area contributed by atoms with Crippen molar-refractivity contribution in [1.29, 1.82) is 0 Å². The van der Waals surface area contributed by atoms with E-state index in [0.717, 1.165) is 17.1 Å². The molecule has 0 aliphatic rings. The molecule has 0 aliphatic heterocycles. The fourth-order valence-corrected chi connectivity index (χ4v) is 2.99. The molecule has 2 aromatic rings. The van der Waals surface area contributed by atoms with Gasteiger partial charge in [-0.2, -0.15) is 36.5 Å². The van der Waals surface area contributed by atoms with Gasteiger partial charge >= 0.3 is 18.3 Å². The Kier molecular flexibility index (Phi) is 9.18. The van der Waals surface area contributed by atoms with Crippen molar-refractivity contribution in [1.82, 2.24) is 20.0 Å². The summed E-state index contributed by atoms with van der Waals surface area (Å²) in [5.74, 6) is -0.576. The first-order valence-corrected chi connectivity index (χ1v) is 9.66. The summed E-state index contributed by atoms with van der Waals surface area (Å²) < 4.78 is 78.9. The number of carbonyl (C=O) groups excluding carboxylic acids is 1. The molecular weight excluding hydrogens is 542 g/mol. The molecule has 1 unspecified atom stereocenters. The lowest BCUT2D eigenvalue weighted by Gasteiger charge is -2.15. The van der Waals surface area contributed by atoms with Gasteiger partial charge in [0.05, 0.1) is 21.7 Å². The van der Waals surface area contributed by atoms with Gasteiger partial charge in [0, 0.05) is 6.20 Å². The predicted molar refractivity (Wildman–Crippen MR) is 96.8 cm³/mol. The van der Waals surface area contributed by atoms with E-state index < -0.39 is 35.8 Å². The maximum absolute atomic E-state index is 12.6. The highest BCUT2D eigenvalue weighted by atomic mass is 79.9. The third-order valence-electron chi connectivity index (χ3n) is 3.27. The van der Waals surface area contributed by atoms with Crippen molar-refractivity contribution in [3.63, 3.8) is 0 Å². The smallest absolute Gasteiger partial charge is 0.436 e. The van der Waals surface area contributed by atoms with E-state index in [9.17, 15) is 31.1 Å². The zero-order valence-corrected chi connectivity index (χ0v) is 18.2. The molecule has 0 saturated heterocycles. The Hall–Kier alpha value is -1.57. The van der Waals surface area contributed by atoms with E-state index in [1.165, 1.54) is 0 Å². The summed E-state index contributed by atoms with van der Waals surface area (Å²) >= 11 is 5.49. The average molecular weight is 558 g/mol. The number of aromatic nitrogens is 4. The molecule has 2 rings (SSSR count). The number of rotatable bonds is 5. The average Bonchev–Trinajstić information content (AvgIpc) is 3.18. The molecule has 0 aromatic carbocycles. The highest BCUT2D eigenvalue weighted by molar-refractivity contribution is 9.10. The number of carbonyl (C=O) groups is 1. The van der Waals surface area contributed by atoms with Crippen molar-refractivity contribution in [3.05, 3.63) is 32.7 Å². The molecule has 0 fully saturated rings. The summed E-state index contributed by atoms with van der Waals surface area (Å²) in [6.07, 6.45) is -5.71.